The number of aromatic nitrogens is 3. The normalized spacial score (nSPS) is 10.5. The van der Waals surface area contributed by atoms with Crippen molar-refractivity contribution < 1.29 is 4.79 Å². The number of amides is 1. The summed E-state index contributed by atoms with van der Waals surface area (Å²) in [5.74, 6) is 1.07. The second kappa shape index (κ2) is 8.49. The van der Waals surface area contributed by atoms with Gasteiger partial charge >= 0.3 is 0 Å². The Labute approximate surface area is 157 Å². The van der Waals surface area contributed by atoms with E-state index in [1.165, 1.54) is 11.8 Å². The van der Waals surface area contributed by atoms with Gasteiger partial charge in [-0.05, 0) is 12.1 Å². The van der Waals surface area contributed by atoms with Crippen LogP contribution in [0.1, 0.15) is 0 Å². The molecule has 0 saturated heterocycles. The molecule has 0 spiro atoms. The standard InChI is InChI=1S/C20H20N4OS/c1-3-14-24(17-12-8-5-9-13-17)18(25)15-26-20-22-21-19(23(20)2)16-10-6-4-7-11-16/h3-13H,1,14-15H2,2H3. The van der Waals surface area contributed by atoms with Crippen LogP contribution in [0.3, 0.4) is 0 Å². The van der Waals surface area contributed by atoms with Crippen LogP contribution in [0, 0.1) is 0 Å². The van der Waals surface area contributed by atoms with Gasteiger partial charge in [0.1, 0.15) is 0 Å². The van der Waals surface area contributed by atoms with Crippen LogP contribution in [-0.2, 0) is 11.8 Å². The van der Waals surface area contributed by atoms with Crippen LogP contribution in [0.2, 0.25) is 0 Å². The molecule has 0 saturated carbocycles. The maximum Gasteiger partial charge on any atom is 0.237 e. The lowest BCUT2D eigenvalue weighted by Crippen LogP contribution is -2.32. The molecule has 0 aliphatic carbocycles. The van der Waals surface area contributed by atoms with Crippen LogP contribution >= 0.6 is 11.8 Å². The van der Waals surface area contributed by atoms with Gasteiger partial charge in [-0.1, -0.05) is 66.4 Å². The fourth-order valence-electron chi connectivity index (χ4n) is 2.57. The molecule has 5 nitrogen and oxygen atoms in total. The Kier molecular flexibility index (Phi) is 5.86. The summed E-state index contributed by atoms with van der Waals surface area (Å²) in [6, 6.07) is 19.5. The molecular formula is C20H20N4OS. The van der Waals surface area contributed by atoms with Crippen LogP contribution in [0.25, 0.3) is 11.4 Å². The zero-order chi connectivity index (χ0) is 18.4. The molecule has 1 heterocycles. The molecule has 0 radical (unpaired) electrons. The van der Waals surface area contributed by atoms with Gasteiger partial charge in [-0.25, -0.2) is 0 Å². The number of para-hydroxylation sites is 1. The molecule has 0 atom stereocenters. The fraction of sp³-hybridized carbons (Fsp3) is 0.150. The molecule has 1 aromatic heterocycles. The second-order valence-corrected chi connectivity index (χ2v) is 6.59. The molecule has 1 amide bonds. The molecule has 0 fully saturated rings. The van der Waals surface area contributed by atoms with Crippen LogP contribution < -0.4 is 4.90 Å². The maximum atomic E-state index is 12.7. The molecule has 2 aromatic carbocycles. The Morgan fingerprint density at radius 3 is 2.42 bits per heavy atom. The number of thioether (sulfide) groups is 1. The van der Waals surface area contributed by atoms with Gasteiger partial charge in [0.15, 0.2) is 11.0 Å². The number of benzene rings is 2. The summed E-state index contributed by atoms with van der Waals surface area (Å²) in [6.45, 7) is 4.22. The Bertz CT molecular complexity index is 877. The van der Waals surface area contributed by atoms with Crippen LogP contribution in [-0.4, -0.2) is 33.0 Å². The highest BCUT2D eigenvalue weighted by Crippen LogP contribution is 2.23. The number of hydrogen-bond donors (Lipinski definition) is 0. The first-order valence-corrected chi connectivity index (χ1v) is 9.23. The average molecular weight is 364 g/mol. The van der Waals surface area contributed by atoms with Crippen molar-refractivity contribution in [3.8, 4) is 11.4 Å². The first kappa shape index (κ1) is 17.9. The van der Waals surface area contributed by atoms with E-state index < -0.39 is 0 Å². The number of nitrogens with zero attached hydrogens (tertiary/aromatic N) is 4. The van der Waals surface area contributed by atoms with E-state index in [4.69, 9.17) is 0 Å². The third kappa shape index (κ3) is 4.03. The van der Waals surface area contributed by atoms with Crippen molar-refractivity contribution in [2.24, 2.45) is 7.05 Å². The smallest absolute Gasteiger partial charge is 0.237 e. The zero-order valence-corrected chi connectivity index (χ0v) is 15.4. The highest BCUT2D eigenvalue weighted by atomic mass is 32.2. The SMILES string of the molecule is C=CCN(C(=O)CSc1nnc(-c2ccccc2)n1C)c1ccccc1. The molecular weight excluding hydrogens is 344 g/mol. The highest BCUT2D eigenvalue weighted by Gasteiger charge is 2.17. The third-order valence-corrected chi connectivity index (χ3v) is 4.88. The summed E-state index contributed by atoms with van der Waals surface area (Å²) in [4.78, 5) is 14.4. The topological polar surface area (TPSA) is 51.0 Å². The van der Waals surface area contributed by atoms with E-state index in [1.807, 2.05) is 72.3 Å². The van der Waals surface area contributed by atoms with Gasteiger partial charge in [0.05, 0.1) is 5.75 Å². The van der Waals surface area contributed by atoms with Gasteiger partial charge in [-0.15, -0.1) is 16.8 Å². The van der Waals surface area contributed by atoms with E-state index in [9.17, 15) is 4.79 Å². The number of rotatable bonds is 7. The summed E-state index contributed by atoms with van der Waals surface area (Å²) in [7, 11) is 1.91. The molecule has 132 valence electrons. The minimum atomic E-state index is 0.00496. The third-order valence-electron chi connectivity index (χ3n) is 3.87. The molecule has 3 aromatic rings. The van der Waals surface area contributed by atoms with Crippen molar-refractivity contribution in [2.45, 2.75) is 5.16 Å². The Balaban J connectivity index is 1.71. The van der Waals surface area contributed by atoms with E-state index in [0.717, 1.165) is 17.1 Å². The summed E-state index contributed by atoms with van der Waals surface area (Å²) in [5.41, 5.74) is 1.86. The molecule has 3 rings (SSSR count). The Morgan fingerprint density at radius 1 is 1.12 bits per heavy atom. The lowest BCUT2D eigenvalue weighted by Gasteiger charge is -2.21. The van der Waals surface area contributed by atoms with Crippen LogP contribution in [0.15, 0.2) is 78.5 Å². The van der Waals surface area contributed by atoms with Crippen molar-refractivity contribution >= 4 is 23.4 Å². The average Bonchev–Trinajstić information content (AvgIpc) is 3.06. The Morgan fingerprint density at radius 2 is 1.77 bits per heavy atom. The Hall–Kier alpha value is -2.86. The van der Waals surface area contributed by atoms with Crippen LogP contribution in [0.5, 0.6) is 0 Å². The minimum absolute atomic E-state index is 0.00496. The molecule has 26 heavy (non-hydrogen) atoms. The fourth-order valence-corrected chi connectivity index (χ4v) is 3.36. The zero-order valence-electron chi connectivity index (χ0n) is 14.6. The number of hydrogen-bond acceptors (Lipinski definition) is 4. The van der Waals surface area contributed by atoms with Gasteiger partial charge in [0.2, 0.25) is 5.91 Å². The van der Waals surface area contributed by atoms with Crippen molar-refractivity contribution in [1.29, 1.82) is 0 Å². The first-order chi connectivity index (χ1) is 12.7. The van der Waals surface area contributed by atoms with Gasteiger partial charge in [0.25, 0.3) is 0 Å². The lowest BCUT2D eigenvalue weighted by atomic mass is 10.2. The molecule has 0 aliphatic heterocycles. The quantitative estimate of drug-likeness (QED) is 0.473. The van der Waals surface area contributed by atoms with E-state index in [0.29, 0.717) is 11.7 Å². The summed E-state index contributed by atoms with van der Waals surface area (Å²) < 4.78 is 1.91. The van der Waals surface area contributed by atoms with Crippen molar-refractivity contribution in [2.75, 3.05) is 17.2 Å². The van der Waals surface area contributed by atoms with E-state index in [2.05, 4.69) is 16.8 Å². The summed E-state index contributed by atoms with van der Waals surface area (Å²) in [5, 5.41) is 9.19. The lowest BCUT2D eigenvalue weighted by molar-refractivity contribution is -0.116. The molecule has 0 bridgehead atoms. The monoisotopic (exact) mass is 364 g/mol. The predicted octanol–water partition coefficient (Wildman–Crippen LogP) is 3.79. The number of carbonyl (C=O) groups is 1. The largest absolute Gasteiger partial charge is 0.308 e. The number of carbonyl (C=O) groups excluding carboxylic acids is 1. The predicted molar refractivity (Wildman–Crippen MR) is 106 cm³/mol. The first-order valence-electron chi connectivity index (χ1n) is 8.24. The molecule has 6 heteroatoms. The van der Waals surface area contributed by atoms with Crippen molar-refractivity contribution in [3.05, 3.63) is 73.3 Å². The summed E-state index contributed by atoms with van der Waals surface area (Å²) in [6.07, 6.45) is 1.73. The van der Waals surface area contributed by atoms with Gasteiger partial charge < -0.3 is 9.47 Å². The highest BCUT2D eigenvalue weighted by molar-refractivity contribution is 7.99. The molecule has 0 N–H and O–H groups in total. The maximum absolute atomic E-state index is 12.7. The van der Waals surface area contributed by atoms with Crippen LogP contribution in [0.4, 0.5) is 5.69 Å². The van der Waals surface area contributed by atoms with Crippen molar-refractivity contribution in [1.82, 2.24) is 14.8 Å². The van der Waals surface area contributed by atoms with Crippen molar-refractivity contribution in [3.63, 3.8) is 0 Å². The van der Waals surface area contributed by atoms with Gasteiger partial charge in [-0.2, -0.15) is 0 Å². The van der Waals surface area contributed by atoms with E-state index in [1.54, 1.807) is 11.0 Å². The van der Waals surface area contributed by atoms with E-state index in [-0.39, 0.29) is 11.7 Å². The number of anilines is 1. The molecule has 0 unspecified atom stereocenters. The van der Waals surface area contributed by atoms with Gasteiger partial charge in [0, 0.05) is 24.8 Å². The van der Waals surface area contributed by atoms with E-state index >= 15 is 0 Å². The van der Waals surface area contributed by atoms with Gasteiger partial charge in [-0.3, -0.25) is 4.79 Å². The molecule has 0 aliphatic rings. The second-order valence-electron chi connectivity index (χ2n) is 5.65. The minimum Gasteiger partial charge on any atom is -0.308 e. The summed E-state index contributed by atoms with van der Waals surface area (Å²) >= 11 is 1.38.